The lowest BCUT2D eigenvalue weighted by atomic mass is 9.93. The summed E-state index contributed by atoms with van der Waals surface area (Å²) in [6.07, 6.45) is 2.84. The van der Waals surface area contributed by atoms with Gasteiger partial charge in [0.15, 0.2) is 0 Å². The van der Waals surface area contributed by atoms with E-state index in [0.29, 0.717) is 31.1 Å². The number of benzene rings is 1. The fraction of sp³-hybridized carbons (Fsp3) is 0.438. The molecule has 1 fully saturated rings. The third kappa shape index (κ3) is 3.80. The number of carboxylic acids is 1. The van der Waals surface area contributed by atoms with E-state index in [9.17, 15) is 14.7 Å². The molecule has 0 aliphatic carbocycles. The summed E-state index contributed by atoms with van der Waals surface area (Å²) < 4.78 is 12.0. The summed E-state index contributed by atoms with van der Waals surface area (Å²) in [6.45, 7) is 0.931. The molecule has 1 aliphatic heterocycles. The number of nitrogens with zero attached hydrogens (tertiary/aromatic N) is 4. The van der Waals surface area contributed by atoms with Crippen molar-refractivity contribution in [2.45, 2.75) is 18.9 Å². The van der Waals surface area contributed by atoms with Crippen LogP contribution in [0, 0.1) is 5.92 Å². The zero-order valence-electron chi connectivity index (χ0n) is 14.2. The van der Waals surface area contributed by atoms with E-state index in [4.69, 9.17) is 9.47 Å². The summed E-state index contributed by atoms with van der Waals surface area (Å²) in [5.74, 6) is -1.37. The molecule has 1 aromatic carbocycles. The summed E-state index contributed by atoms with van der Waals surface area (Å²) >= 11 is 0. The first-order valence-electron chi connectivity index (χ1n) is 8.13. The molecule has 10 heteroatoms. The summed E-state index contributed by atoms with van der Waals surface area (Å²) in [5, 5.41) is 23.0. The Hall–Kier alpha value is -3.01. The van der Waals surface area contributed by atoms with Crippen LogP contribution in [0.2, 0.25) is 0 Å². The van der Waals surface area contributed by atoms with Gasteiger partial charge in [-0.1, -0.05) is 0 Å². The Morgan fingerprint density at radius 3 is 2.92 bits per heavy atom. The number of rotatable bonds is 6. The second-order valence-corrected chi connectivity index (χ2v) is 5.91. The van der Waals surface area contributed by atoms with Gasteiger partial charge in [-0.2, -0.15) is 4.68 Å². The highest BCUT2D eigenvalue weighted by Gasteiger charge is 2.31. The molecule has 2 unspecified atom stereocenters. The fourth-order valence-corrected chi connectivity index (χ4v) is 2.92. The van der Waals surface area contributed by atoms with E-state index in [-0.39, 0.29) is 11.5 Å². The molecule has 2 atom stereocenters. The van der Waals surface area contributed by atoms with Gasteiger partial charge in [0.2, 0.25) is 0 Å². The van der Waals surface area contributed by atoms with Crippen molar-refractivity contribution in [1.82, 2.24) is 25.5 Å². The number of carbonyl (C=O) groups excluding carboxylic acids is 1. The first-order chi connectivity index (χ1) is 12.6. The van der Waals surface area contributed by atoms with Gasteiger partial charge in [0.05, 0.1) is 13.7 Å². The molecule has 10 nitrogen and oxygen atoms in total. The van der Waals surface area contributed by atoms with Gasteiger partial charge < -0.3 is 19.9 Å². The normalized spacial score (nSPS) is 18.1. The number of carboxylic acid groups (broad SMARTS) is 1. The zero-order chi connectivity index (χ0) is 18.5. The number of aliphatic carboxylic acids is 1. The van der Waals surface area contributed by atoms with Crippen LogP contribution < -0.4 is 10.1 Å². The third-order valence-corrected chi connectivity index (χ3v) is 4.26. The SMILES string of the molecule is COc1ccc(C(=O)NC(C(=O)O)C2CCCOC2)cc1-n1cnnn1. The highest BCUT2D eigenvalue weighted by molar-refractivity contribution is 5.97. The van der Waals surface area contributed by atoms with Crippen LogP contribution in [0.15, 0.2) is 24.5 Å². The monoisotopic (exact) mass is 361 g/mol. The van der Waals surface area contributed by atoms with Gasteiger partial charge in [0.25, 0.3) is 5.91 Å². The van der Waals surface area contributed by atoms with Crippen LogP contribution in [0.3, 0.4) is 0 Å². The van der Waals surface area contributed by atoms with Gasteiger partial charge in [0.1, 0.15) is 23.8 Å². The van der Waals surface area contributed by atoms with E-state index >= 15 is 0 Å². The van der Waals surface area contributed by atoms with E-state index < -0.39 is 17.9 Å². The van der Waals surface area contributed by atoms with E-state index in [0.717, 1.165) is 6.42 Å². The van der Waals surface area contributed by atoms with Crippen molar-refractivity contribution in [3.05, 3.63) is 30.1 Å². The average molecular weight is 361 g/mol. The molecule has 0 radical (unpaired) electrons. The molecule has 0 spiro atoms. The van der Waals surface area contributed by atoms with Crippen LogP contribution in [-0.2, 0) is 9.53 Å². The van der Waals surface area contributed by atoms with Crippen molar-refractivity contribution in [2.24, 2.45) is 5.92 Å². The maximum atomic E-state index is 12.6. The number of ether oxygens (including phenoxy) is 2. The summed E-state index contributed by atoms with van der Waals surface area (Å²) in [7, 11) is 1.49. The van der Waals surface area contributed by atoms with Crippen molar-refractivity contribution in [3.8, 4) is 11.4 Å². The van der Waals surface area contributed by atoms with Gasteiger partial charge in [-0.05, 0) is 41.5 Å². The predicted octanol–water partition coefficient (Wildman–Crippen LogP) is 0.280. The third-order valence-electron chi connectivity index (χ3n) is 4.26. The van der Waals surface area contributed by atoms with E-state index in [1.807, 2.05) is 0 Å². The second-order valence-electron chi connectivity index (χ2n) is 5.91. The number of amides is 1. The average Bonchev–Trinajstić information content (AvgIpc) is 3.20. The number of carbonyl (C=O) groups is 2. The molecule has 2 heterocycles. The van der Waals surface area contributed by atoms with Crippen LogP contribution >= 0.6 is 0 Å². The number of methoxy groups -OCH3 is 1. The predicted molar refractivity (Wildman–Crippen MR) is 88.1 cm³/mol. The Morgan fingerprint density at radius 1 is 1.46 bits per heavy atom. The quantitative estimate of drug-likeness (QED) is 0.751. The first-order valence-corrected chi connectivity index (χ1v) is 8.13. The standard InChI is InChI=1S/C16H19N5O5/c1-25-13-5-4-10(7-12(13)21-9-17-19-20-21)15(22)18-14(16(23)24)11-3-2-6-26-8-11/h4-5,7,9,11,14H,2-3,6,8H2,1H3,(H,18,22)(H,23,24). The summed E-state index contributed by atoms with van der Waals surface area (Å²) in [6, 6.07) is 3.69. The molecule has 2 aromatic rings. The lowest BCUT2D eigenvalue weighted by Gasteiger charge is -2.28. The molecule has 3 rings (SSSR count). The lowest BCUT2D eigenvalue weighted by molar-refractivity contribution is -0.142. The van der Waals surface area contributed by atoms with Crippen LogP contribution in [0.1, 0.15) is 23.2 Å². The molecule has 0 bridgehead atoms. The molecule has 1 aromatic heterocycles. The molecule has 1 aliphatic rings. The minimum atomic E-state index is -1.08. The molecule has 2 N–H and O–H groups in total. The molecule has 1 saturated heterocycles. The Morgan fingerprint density at radius 2 is 2.31 bits per heavy atom. The number of hydrogen-bond acceptors (Lipinski definition) is 7. The number of nitrogens with one attached hydrogen (secondary N) is 1. The molecular formula is C16H19N5O5. The van der Waals surface area contributed by atoms with Gasteiger partial charge in [-0.15, -0.1) is 5.10 Å². The second kappa shape index (κ2) is 7.91. The van der Waals surface area contributed by atoms with Crippen molar-refractivity contribution in [2.75, 3.05) is 20.3 Å². The smallest absolute Gasteiger partial charge is 0.326 e. The first kappa shape index (κ1) is 17.8. The summed E-state index contributed by atoms with van der Waals surface area (Å²) in [5.41, 5.74) is 0.748. The largest absolute Gasteiger partial charge is 0.494 e. The lowest BCUT2D eigenvalue weighted by Crippen LogP contribution is -2.48. The van der Waals surface area contributed by atoms with Crippen LogP contribution in [0.4, 0.5) is 0 Å². The van der Waals surface area contributed by atoms with E-state index in [1.54, 1.807) is 18.2 Å². The minimum absolute atomic E-state index is 0.262. The van der Waals surface area contributed by atoms with Crippen LogP contribution in [0.5, 0.6) is 5.75 Å². The van der Waals surface area contributed by atoms with Crippen molar-refractivity contribution in [3.63, 3.8) is 0 Å². The Kier molecular flexibility index (Phi) is 5.42. The Bertz CT molecular complexity index is 773. The van der Waals surface area contributed by atoms with Crippen molar-refractivity contribution < 1.29 is 24.2 Å². The maximum absolute atomic E-state index is 12.6. The van der Waals surface area contributed by atoms with Gasteiger partial charge in [-0.25, -0.2) is 4.79 Å². The highest BCUT2D eigenvalue weighted by atomic mass is 16.5. The maximum Gasteiger partial charge on any atom is 0.326 e. The Balaban J connectivity index is 1.82. The molecule has 138 valence electrons. The van der Waals surface area contributed by atoms with E-state index in [1.165, 1.54) is 18.1 Å². The summed E-state index contributed by atoms with van der Waals surface area (Å²) in [4.78, 5) is 24.2. The zero-order valence-corrected chi connectivity index (χ0v) is 14.2. The molecule has 26 heavy (non-hydrogen) atoms. The van der Waals surface area contributed by atoms with Gasteiger partial charge >= 0.3 is 5.97 Å². The molecular weight excluding hydrogens is 342 g/mol. The number of hydrogen-bond donors (Lipinski definition) is 2. The highest BCUT2D eigenvalue weighted by Crippen LogP contribution is 2.24. The number of aromatic nitrogens is 4. The van der Waals surface area contributed by atoms with Crippen LogP contribution in [0.25, 0.3) is 5.69 Å². The van der Waals surface area contributed by atoms with Crippen molar-refractivity contribution in [1.29, 1.82) is 0 Å². The van der Waals surface area contributed by atoms with E-state index in [2.05, 4.69) is 20.8 Å². The van der Waals surface area contributed by atoms with Gasteiger partial charge in [0, 0.05) is 18.1 Å². The topological polar surface area (TPSA) is 128 Å². The Labute approximate surface area is 149 Å². The minimum Gasteiger partial charge on any atom is -0.494 e. The van der Waals surface area contributed by atoms with Crippen molar-refractivity contribution >= 4 is 11.9 Å². The van der Waals surface area contributed by atoms with Crippen LogP contribution in [-0.4, -0.2) is 63.6 Å². The number of tetrazole rings is 1. The molecule has 1 amide bonds. The fourth-order valence-electron chi connectivity index (χ4n) is 2.92. The molecule has 0 saturated carbocycles. The van der Waals surface area contributed by atoms with Gasteiger partial charge in [-0.3, -0.25) is 4.79 Å².